The highest BCUT2D eigenvalue weighted by Crippen LogP contribution is 2.28. The molecule has 122 valence electrons. The molecule has 0 aliphatic carbocycles. The Balaban J connectivity index is 1.60. The Bertz CT molecular complexity index is 692. The second-order valence-corrected chi connectivity index (χ2v) is 7.01. The molecule has 2 aromatic rings. The molecule has 0 bridgehead atoms. The van der Waals surface area contributed by atoms with Crippen molar-refractivity contribution in [1.82, 2.24) is 10.2 Å². The Morgan fingerprint density at radius 3 is 2.96 bits per heavy atom. The number of hydrogen-bond donors (Lipinski definition) is 2. The van der Waals surface area contributed by atoms with Crippen LogP contribution >= 0.6 is 22.9 Å². The number of rotatable bonds is 3. The van der Waals surface area contributed by atoms with Gasteiger partial charge in [0, 0.05) is 13.1 Å². The van der Waals surface area contributed by atoms with E-state index in [4.69, 9.17) is 11.6 Å². The van der Waals surface area contributed by atoms with Crippen molar-refractivity contribution < 1.29 is 4.79 Å². The van der Waals surface area contributed by atoms with Gasteiger partial charge in [0.05, 0.1) is 10.7 Å². The van der Waals surface area contributed by atoms with Crippen LogP contribution in [-0.2, 0) is 0 Å². The van der Waals surface area contributed by atoms with Gasteiger partial charge in [-0.25, -0.2) is 4.79 Å². The molecule has 2 heterocycles. The molecule has 2 amide bonds. The maximum absolute atomic E-state index is 12.0. The third-order valence-corrected chi connectivity index (χ3v) is 4.91. The van der Waals surface area contributed by atoms with Gasteiger partial charge < -0.3 is 10.2 Å². The Hall–Kier alpha value is -1.86. The molecule has 0 spiro atoms. The predicted molar refractivity (Wildman–Crippen MR) is 94.6 cm³/mol. The summed E-state index contributed by atoms with van der Waals surface area (Å²) in [7, 11) is 0. The SMILES string of the molecule is C[C@H]1CCCN(c2nnc(NC(=O)Nc3ccccc3Cl)s2)C1. The standard InChI is InChI=1S/C15H18ClN5OS/c1-10-5-4-8-21(9-10)15-20-19-14(23-15)18-13(22)17-12-7-3-2-6-11(12)16/h2-3,6-7,10H,4-5,8-9H2,1H3,(H2,17,18,19,22)/t10-/m0/s1. The van der Waals surface area contributed by atoms with Gasteiger partial charge in [-0.15, -0.1) is 10.2 Å². The smallest absolute Gasteiger partial charge is 0.325 e. The number of hydrogen-bond acceptors (Lipinski definition) is 5. The molecular weight excluding hydrogens is 334 g/mol. The molecule has 1 atom stereocenters. The molecular formula is C15H18ClN5OS. The summed E-state index contributed by atoms with van der Waals surface area (Å²) in [6.07, 6.45) is 2.41. The largest absolute Gasteiger partial charge is 0.346 e. The van der Waals surface area contributed by atoms with E-state index in [2.05, 4.69) is 32.7 Å². The van der Waals surface area contributed by atoms with Crippen LogP contribution in [0.3, 0.4) is 0 Å². The maximum atomic E-state index is 12.0. The lowest BCUT2D eigenvalue weighted by Gasteiger charge is -2.29. The number of halogens is 1. The molecule has 6 nitrogen and oxygen atoms in total. The van der Waals surface area contributed by atoms with Crippen LogP contribution in [0, 0.1) is 5.92 Å². The lowest BCUT2D eigenvalue weighted by Crippen LogP contribution is -2.34. The van der Waals surface area contributed by atoms with Crippen LogP contribution in [0.15, 0.2) is 24.3 Å². The van der Waals surface area contributed by atoms with Gasteiger partial charge in [-0.3, -0.25) is 5.32 Å². The van der Waals surface area contributed by atoms with Crippen LogP contribution in [-0.4, -0.2) is 29.3 Å². The zero-order chi connectivity index (χ0) is 16.2. The van der Waals surface area contributed by atoms with Gasteiger partial charge in [0.1, 0.15) is 0 Å². The van der Waals surface area contributed by atoms with Gasteiger partial charge in [-0.05, 0) is 30.9 Å². The summed E-state index contributed by atoms with van der Waals surface area (Å²) in [5.41, 5.74) is 0.557. The number of piperidine rings is 1. The van der Waals surface area contributed by atoms with Gasteiger partial charge in [0.25, 0.3) is 0 Å². The van der Waals surface area contributed by atoms with Crippen molar-refractivity contribution in [3.63, 3.8) is 0 Å². The number of para-hydroxylation sites is 1. The summed E-state index contributed by atoms with van der Waals surface area (Å²) >= 11 is 7.40. The van der Waals surface area contributed by atoms with E-state index >= 15 is 0 Å². The van der Waals surface area contributed by atoms with Gasteiger partial charge in [-0.1, -0.05) is 42.0 Å². The molecule has 1 fully saturated rings. The van der Waals surface area contributed by atoms with Crippen LogP contribution in [0.5, 0.6) is 0 Å². The number of nitrogens with zero attached hydrogens (tertiary/aromatic N) is 3. The number of anilines is 3. The van der Waals surface area contributed by atoms with E-state index in [1.165, 1.54) is 17.8 Å². The molecule has 23 heavy (non-hydrogen) atoms. The number of nitrogens with one attached hydrogen (secondary N) is 2. The summed E-state index contributed by atoms with van der Waals surface area (Å²) in [6.45, 7) is 4.22. The second kappa shape index (κ2) is 7.14. The van der Waals surface area contributed by atoms with E-state index in [9.17, 15) is 4.79 Å². The minimum Gasteiger partial charge on any atom is -0.346 e. The van der Waals surface area contributed by atoms with Crippen molar-refractivity contribution >= 4 is 44.9 Å². The van der Waals surface area contributed by atoms with E-state index in [0.29, 0.717) is 21.8 Å². The van der Waals surface area contributed by atoms with E-state index in [1.807, 2.05) is 12.1 Å². The normalized spacial score (nSPS) is 17.8. The molecule has 8 heteroatoms. The fourth-order valence-corrected chi connectivity index (χ4v) is 3.53. The molecule has 1 aliphatic heterocycles. The number of urea groups is 1. The Morgan fingerprint density at radius 2 is 2.17 bits per heavy atom. The first-order valence-electron chi connectivity index (χ1n) is 7.53. The first-order valence-corrected chi connectivity index (χ1v) is 8.72. The molecule has 0 saturated carbocycles. The van der Waals surface area contributed by atoms with Gasteiger partial charge >= 0.3 is 6.03 Å². The predicted octanol–water partition coefficient (Wildman–Crippen LogP) is 4.07. The van der Waals surface area contributed by atoms with E-state index in [1.54, 1.807) is 12.1 Å². The molecule has 0 unspecified atom stereocenters. The second-order valence-electron chi connectivity index (χ2n) is 5.64. The number of carbonyl (C=O) groups is 1. The Morgan fingerprint density at radius 1 is 1.35 bits per heavy atom. The number of aromatic nitrogens is 2. The minimum absolute atomic E-state index is 0.382. The third kappa shape index (κ3) is 4.11. The third-order valence-electron chi connectivity index (χ3n) is 3.68. The fourth-order valence-electron chi connectivity index (χ4n) is 2.57. The van der Waals surface area contributed by atoms with Crippen molar-refractivity contribution in [2.75, 3.05) is 28.6 Å². The molecule has 3 rings (SSSR count). The van der Waals surface area contributed by atoms with E-state index < -0.39 is 0 Å². The van der Waals surface area contributed by atoms with E-state index in [0.717, 1.165) is 24.6 Å². The number of benzene rings is 1. The van der Waals surface area contributed by atoms with Crippen LogP contribution < -0.4 is 15.5 Å². The number of amides is 2. The molecule has 1 aliphatic rings. The van der Waals surface area contributed by atoms with Crippen molar-refractivity contribution in [3.05, 3.63) is 29.3 Å². The minimum atomic E-state index is -0.382. The average molecular weight is 352 g/mol. The summed E-state index contributed by atoms with van der Waals surface area (Å²) in [5.74, 6) is 0.660. The summed E-state index contributed by atoms with van der Waals surface area (Å²) in [4.78, 5) is 14.2. The van der Waals surface area contributed by atoms with Crippen LogP contribution in [0.4, 0.5) is 20.7 Å². The molecule has 1 aromatic carbocycles. The topological polar surface area (TPSA) is 70.2 Å². The quantitative estimate of drug-likeness (QED) is 0.874. The lowest BCUT2D eigenvalue weighted by molar-refractivity contribution is 0.262. The zero-order valence-corrected chi connectivity index (χ0v) is 14.3. The monoisotopic (exact) mass is 351 g/mol. The highest BCUT2D eigenvalue weighted by atomic mass is 35.5. The van der Waals surface area contributed by atoms with Crippen molar-refractivity contribution in [2.45, 2.75) is 19.8 Å². The molecule has 2 N–H and O–H groups in total. The van der Waals surface area contributed by atoms with Gasteiger partial charge in [-0.2, -0.15) is 0 Å². The number of carbonyl (C=O) groups excluding carboxylic acids is 1. The van der Waals surface area contributed by atoms with Crippen molar-refractivity contribution in [2.24, 2.45) is 5.92 Å². The van der Waals surface area contributed by atoms with Crippen molar-refractivity contribution in [1.29, 1.82) is 0 Å². The molecule has 1 saturated heterocycles. The molecule has 0 radical (unpaired) electrons. The van der Waals surface area contributed by atoms with Crippen LogP contribution in [0.1, 0.15) is 19.8 Å². The summed E-state index contributed by atoms with van der Waals surface area (Å²) in [5, 5.41) is 15.4. The van der Waals surface area contributed by atoms with Crippen LogP contribution in [0.25, 0.3) is 0 Å². The lowest BCUT2D eigenvalue weighted by atomic mass is 10.0. The Labute approximate surface area is 143 Å². The highest BCUT2D eigenvalue weighted by molar-refractivity contribution is 7.19. The van der Waals surface area contributed by atoms with Crippen LogP contribution in [0.2, 0.25) is 5.02 Å². The highest BCUT2D eigenvalue weighted by Gasteiger charge is 2.20. The fraction of sp³-hybridized carbons (Fsp3) is 0.400. The van der Waals surface area contributed by atoms with E-state index in [-0.39, 0.29) is 6.03 Å². The maximum Gasteiger partial charge on any atom is 0.325 e. The first kappa shape index (κ1) is 16.0. The summed E-state index contributed by atoms with van der Waals surface area (Å²) in [6, 6.07) is 6.69. The molecule has 1 aromatic heterocycles. The van der Waals surface area contributed by atoms with Crippen molar-refractivity contribution in [3.8, 4) is 0 Å². The van der Waals surface area contributed by atoms with Gasteiger partial charge in [0.15, 0.2) is 0 Å². The first-order chi connectivity index (χ1) is 11.1. The zero-order valence-electron chi connectivity index (χ0n) is 12.8. The Kier molecular flexibility index (Phi) is 4.97. The summed E-state index contributed by atoms with van der Waals surface area (Å²) < 4.78 is 0. The average Bonchev–Trinajstić information content (AvgIpc) is 2.98. The van der Waals surface area contributed by atoms with Gasteiger partial charge in [0.2, 0.25) is 10.3 Å².